The summed E-state index contributed by atoms with van der Waals surface area (Å²) in [6.07, 6.45) is 4.39. The van der Waals surface area contributed by atoms with Crippen LogP contribution in [0.2, 0.25) is 0 Å². The van der Waals surface area contributed by atoms with E-state index in [4.69, 9.17) is 9.05 Å². The molecule has 0 saturated heterocycles. The number of hydrogen-bond acceptors (Lipinski definition) is 3. The summed E-state index contributed by atoms with van der Waals surface area (Å²) in [7, 11) is -9.60. The van der Waals surface area contributed by atoms with Gasteiger partial charge in [-0.1, -0.05) is 60.7 Å². The van der Waals surface area contributed by atoms with Gasteiger partial charge in [-0.15, -0.1) is 0 Å². The summed E-state index contributed by atoms with van der Waals surface area (Å²) in [4.78, 5) is 9.44. The zero-order valence-electron chi connectivity index (χ0n) is 38.1. The van der Waals surface area contributed by atoms with Crippen LogP contribution in [-0.4, -0.2) is 25.3 Å². The first-order valence-corrected chi connectivity index (χ1v) is 28.4. The fourth-order valence-corrected chi connectivity index (χ4v) is 9.94. The smallest absolute Gasteiger partial charge is 2.00 e. The number of hydrogen-bond donors (Lipinski definition) is 0. The SMILES string of the molecule is CC(C)=O.Fc1c(F)c(F)c(P(O[C@@H](c2ccccc2)[C@@H](OP(c2c(F)c(F)c(F)c(F)c2F)c2c(F)c(F)c(F)c(F)c2F)c2ccccc2)c2c(F)c(F)c(F)c(F)c2F)c(F)c1F.[CH]1[CH][CH][CH][CH]1.[F][Sb-]([F])([F])([F])([F])[F].[Ru+2]. The summed E-state index contributed by atoms with van der Waals surface area (Å²) < 4.78 is 371. The van der Waals surface area contributed by atoms with Gasteiger partial charge in [-0.2, -0.15) is 0 Å². The van der Waals surface area contributed by atoms with Gasteiger partial charge in [0.1, 0.15) is 34.3 Å². The van der Waals surface area contributed by atoms with E-state index in [1.807, 2.05) is 32.1 Å². The molecule has 0 aliphatic heterocycles. The monoisotopic (exact) mass is 1400 g/mol. The van der Waals surface area contributed by atoms with Crippen LogP contribution in [0, 0.1) is 148 Å². The van der Waals surface area contributed by atoms with E-state index in [2.05, 4.69) is 0 Å². The molecule has 429 valence electrons. The number of rotatable bonds is 11. The molecule has 1 aliphatic rings. The number of ketones is 1. The molecule has 0 bridgehead atoms. The van der Waals surface area contributed by atoms with Gasteiger partial charge in [-0.25, -0.2) is 87.8 Å². The molecule has 3 nitrogen and oxygen atoms in total. The third-order valence-electron chi connectivity index (χ3n) is 9.08. The zero-order chi connectivity index (χ0) is 59.3. The van der Waals surface area contributed by atoms with E-state index >= 15 is 35.1 Å². The van der Waals surface area contributed by atoms with Crippen molar-refractivity contribution in [1.29, 1.82) is 0 Å². The van der Waals surface area contributed by atoms with Crippen LogP contribution in [0.1, 0.15) is 37.2 Å². The van der Waals surface area contributed by atoms with Crippen LogP contribution in [-0.2, 0) is 33.3 Å². The first kappa shape index (κ1) is 68.7. The van der Waals surface area contributed by atoms with E-state index < -0.39 is 197 Å². The van der Waals surface area contributed by atoms with E-state index in [0.29, 0.717) is 0 Å². The average molecular weight is 1400 g/mol. The molecule has 6 aromatic rings. The second kappa shape index (κ2) is 26.5. The Balaban J connectivity index is 0.000000837. The molecule has 1 fully saturated rings. The van der Waals surface area contributed by atoms with Crippen LogP contribution in [0.15, 0.2) is 60.7 Å². The van der Waals surface area contributed by atoms with Gasteiger partial charge in [-0.3, -0.25) is 0 Å². The summed E-state index contributed by atoms with van der Waals surface area (Å²) in [5, 5.41) is -9.80. The van der Waals surface area contributed by atoms with Crippen LogP contribution in [0.4, 0.5) is 105 Å². The van der Waals surface area contributed by atoms with Crippen molar-refractivity contribution >= 4 is 62.8 Å². The van der Waals surface area contributed by atoms with E-state index in [1.165, 1.54) is 13.8 Å². The van der Waals surface area contributed by atoms with Crippen LogP contribution in [0.25, 0.3) is 0 Å². The number of benzene rings is 6. The topological polar surface area (TPSA) is 35.5 Å². The van der Waals surface area contributed by atoms with Crippen molar-refractivity contribution in [2.45, 2.75) is 26.1 Å². The zero-order valence-corrected chi connectivity index (χ0v) is 44.1. The quantitative estimate of drug-likeness (QED) is 0.0426. The molecular formula is C46H23F26O3P2RuSb+. The minimum atomic E-state index is -11.2. The first-order valence-electron chi connectivity index (χ1n) is 20.1. The number of Topliss-reactive ketones (excluding diaryl/α,β-unsaturated/α-hetero) is 1. The minimum absolute atomic E-state index is 0. The Hall–Kier alpha value is -4.61. The van der Waals surface area contributed by atoms with Gasteiger partial charge >= 0.3 is 55.8 Å². The molecule has 6 aromatic carbocycles. The molecule has 1 aliphatic carbocycles. The molecule has 0 N–H and O–H groups in total. The Morgan fingerprint density at radius 3 is 0.620 bits per heavy atom. The Kier molecular flexibility index (Phi) is 23.1. The van der Waals surface area contributed by atoms with Gasteiger partial charge in [0, 0.05) is 0 Å². The molecule has 33 heteroatoms. The van der Waals surface area contributed by atoms with Crippen LogP contribution in [0.5, 0.6) is 0 Å². The van der Waals surface area contributed by atoms with Gasteiger partial charge in [0.2, 0.25) is 23.3 Å². The fourth-order valence-electron chi connectivity index (χ4n) is 5.94. The standard InChI is InChI=1S/C38H12F20O2P2.C5H5.C3H6O.6FH.Ru.Sb/c39-13-17(43)25(51)35(26(52)18(13)44)61(36-27(53)19(45)14(40)20(46)28(36)54)59-33(11-7-3-1-4-8-11)34(12-9-5-2-6-10-12)60-62(37-29(55)21(47)15(41)22(48)30(37)56)38-31(57)23(49)16(42)24(50)32(38)58;1-2-4-5-3-1;1-3(2)4;;;;;;;;/h1-10,33-34H;1-5H;1-2H3;6*1H;;/q;;;;;;;;;+2;+5/p-6/t33-,34-;;;;;;;;;;/m0........../s1. The molecule has 7 rings (SSSR count). The van der Waals surface area contributed by atoms with Crippen LogP contribution in [0.3, 0.4) is 0 Å². The second-order valence-corrected chi connectivity index (χ2v) is 23.8. The summed E-state index contributed by atoms with van der Waals surface area (Å²) in [5.41, 5.74) is -1.38. The molecule has 0 amide bonds. The molecular weight excluding hydrogens is 1380 g/mol. The molecule has 1 saturated carbocycles. The van der Waals surface area contributed by atoms with Crippen molar-refractivity contribution in [3.63, 3.8) is 0 Å². The summed E-state index contributed by atoms with van der Waals surface area (Å²) in [6, 6.07) is 9.64. The van der Waals surface area contributed by atoms with Crippen molar-refractivity contribution < 1.29 is 138 Å². The number of carbonyl (C=O) groups excluding carboxylic acids is 1. The van der Waals surface area contributed by atoms with Crippen molar-refractivity contribution in [3.05, 3.63) is 220 Å². The number of halogens is 26. The largest absolute Gasteiger partial charge is 2.00 e. The van der Waals surface area contributed by atoms with Crippen molar-refractivity contribution in [2.75, 3.05) is 0 Å². The second-order valence-electron chi connectivity index (χ2n) is 15.0. The van der Waals surface area contributed by atoms with E-state index in [9.17, 15) is 74.4 Å². The Bertz CT molecular complexity index is 2730. The maximum atomic E-state index is 15.6. The summed E-state index contributed by atoms with van der Waals surface area (Å²) in [6.45, 7) is 3.06. The van der Waals surface area contributed by atoms with Gasteiger partial charge < -0.3 is 13.8 Å². The third kappa shape index (κ3) is 17.0. The summed E-state index contributed by atoms with van der Waals surface area (Å²) in [5.74, 6) is -58.9. The average Bonchev–Trinajstić information content (AvgIpc) is 3.97. The Morgan fingerprint density at radius 2 is 0.468 bits per heavy atom. The third-order valence-corrected chi connectivity index (χ3v) is 13.2. The van der Waals surface area contributed by atoms with Crippen molar-refractivity contribution in [1.82, 2.24) is 0 Å². The maximum absolute atomic E-state index is 15.6. The molecule has 79 heavy (non-hydrogen) atoms. The molecule has 5 radical (unpaired) electrons. The van der Waals surface area contributed by atoms with E-state index in [1.54, 1.807) is 0 Å². The normalized spacial score (nSPS) is 13.9. The van der Waals surface area contributed by atoms with Crippen LogP contribution < -0.4 is 21.2 Å². The Morgan fingerprint density at radius 1 is 0.329 bits per heavy atom. The van der Waals surface area contributed by atoms with Crippen molar-refractivity contribution in [3.8, 4) is 0 Å². The van der Waals surface area contributed by atoms with Gasteiger partial charge in [0.25, 0.3) is 0 Å². The Labute approximate surface area is 445 Å². The maximum Gasteiger partial charge on any atom is 2.00 e. The van der Waals surface area contributed by atoms with E-state index in [-0.39, 0.29) is 25.3 Å². The fraction of sp³-hybridized carbons (Fsp3) is 0.0870. The summed E-state index contributed by atoms with van der Waals surface area (Å²) >= 11 is -11.2. The predicted molar refractivity (Wildman–Crippen MR) is 228 cm³/mol. The van der Waals surface area contributed by atoms with Gasteiger partial charge in [-0.05, 0) is 57.1 Å². The number of carbonyl (C=O) groups is 1. The molecule has 0 aromatic heterocycles. The van der Waals surface area contributed by atoms with Gasteiger partial charge in [0.05, 0.1) is 21.2 Å². The molecule has 2 atom stereocenters. The molecule has 0 heterocycles. The van der Waals surface area contributed by atoms with Gasteiger partial charge in [0.15, 0.2) is 93.1 Å². The molecule has 0 spiro atoms. The molecule has 0 unspecified atom stereocenters. The minimum Gasteiger partial charge on any atom is 2.00 e. The van der Waals surface area contributed by atoms with Crippen LogP contribution >= 0.6 is 16.3 Å². The van der Waals surface area contributed by atoms with Crippen molar-refractivity contribution in [2.24, 2.45) is 0 Å². The van der Waals surface area contributed by atoms with E-state index in [0.717, 1.165) is 60.7 Å². The first-order chi connectivity index (χ1) is 35.8. The predicted octanol–water partition coefficient (Wildman–Crippen LogP) is 15.1.